The second kappa shape index (κ2) is 21.6. The Hall–Kier alpha value is -0.0800. The van der Waals surface area contributed by atoms with Crippen molar-refractivity contribution in [1.82, 2.24) is 0 Å². The number of unbranched alkanes of at least 4 members (excludes halogenated alkanes) is 15. The summed E-state index contributed by atoms with van der Waals surface area (Å²) in [5.74, 6) is 0. The molecule has 170 valence electrons. The Morgan fingerprint density at radius 3 is 1.25 bits per heavy atom. The van der Waals surface area contributed by atoms with Crippen LogP contribution in [0.2, 0.25) is 0 Å². The maximum atomic E-state index is 5.82. The molecule has 0 aromatic heterocycles. The average molecular weight is 399 g/mol. The second-order valence-electron chi connectivity index (χ2n) is 9.65. The molecule has 2 nitrogen and oxygen atoms in total. The van der Waals surface area contributed by atoms with Crippen LogP contribution in [0.1, 0.15) is 129 Å². The first-order valence-electron chi connectivity index (χ1n) is 13.0. The smallest absolute Gasteiger partial charge is 0.0804 e. The summed E-state index contributed by atoms with van der Waals surface area (Å²) in [6.07, 6.45) is 25.4. The molecule has 0 amide bonds. The maximum Gasteiger partial charge on any atom is 0.0804 e. The lowest BCUT2D eigenvalue weighted by atomic mass is 10.0. The Morgan fingerprint density at radius 2 is 0.821 bits per heavy atom. The normalized spacial score (nSPS) is 12.0. The van der Waals surface area contributed by atoms with E-state index in [9.17, 15) is 0 Å². The molecule has 0 saturated heterocycles. The molecule has 0 spiro atoms. The zero-order valence-corrected chi connectivity index (χ0v) is 20.4. The minimum atomic E-state index is 0.949. The molecule has 28 heavy (non-hydrogen) atoms. The van der Waals surface area contributed by atoms with E-state index in [1.807, 2.05) is 0 Å². The van der Waals surface area contributed by atoms with Gasteiger partial charge in [-0.15, -0.1) is 0 Å². The lowest BCUT2D eigenvalue weighted by Crippen LogP contribution is -2.41. The van der Waals surface area contributed by atoms with E-state index in [1.54, 1.807) is 0 Å². The van der Waals surface area contributed by atoms with Gasteiger partial charge in [0.25, 0.3) is 0 Å². The van der Waals surface area contributed by atoms with E-state index in [1.165, 1.54) is 129 Å². The van der Waals surface area contributed by atoms with Gasteiger partial charge in [-0.1, -0.05) is 110 Å². The molecule has 0 aliphatic rings. The topological polar surface area (TPSA) is 9.23 Å². The monoisotopic (exact) mass is 398 g/mol. The molecule has 0 heterocycles. The number of hydrogen-bond donors (Lipinski definition) is 0. The summed E-state index contributed by atoms with van der Waals surface area (Å²) in [5.41, 5.74) is 0. The van der Waals surface area contributed by atoms with Gasteiger partial charge in [-0.25, -0.2) is 0 Å². The predicted molar refractivity (Wildman–Crippen MR) is 127 cm³/mol. The van der Waals surface area contributed by atoms with Crippen LogP contribution in [-0.4, -0.2) is 44.9 Å². The molecule has 0 unspecified atom stereocenters. The quantitative estimate of drug-likeness (QED) is 0.125. The first-order chi connectivity index (χ1) is 13.6. The van der Waals surface area contributed by atoms with Gasteiger partial charge in [0, 0.05) is 13.0 Å². The van der Waals surface area contributed by atoms with E-state index in [0.717, 1.165) is 17.7 Å². The van der Waals surface area contributed by atoms with E-state index < -0.39 is 0 Å². The van der Waals surface area contributed by atoms with Gasteiger partial charge in [0.15, 0.2) is 0 Å². The van der Waals surface area contributed by atoms with Gasteiger partial charge >= 0.3 is 0 Å². The minimum Gasteiger partial charge on any atom is -0.381 e. The molecule has 0 aliphatic carbocycles. The fourth-order valence-corrected chi connectivity index (χ4v) is 4.17. The molecular formula is C26H56NO+. The first kappa shape index (κ1) is 27.9. The molecule has 0 fully saturated rings. The van der Waals surface area contributed by atoms with Gasteiger partial charge in [-0.2, -0.15) is 0 Å². The van der Waals surface area contributed by atoms with Crippen molar-refractivity contribution < 1.29 is 9.22 Å². The van der Waals surface area contributed by atoms with Gasteiger partial charge in [0.1, 0.15) is 0 Å². The van der Waals surface area contributed by atoms with Crippen LogP contribution in [0.3, 0.4) is 0 Å². The van der Waals surface area contributed by atoms with Crippen molar-refractivity contribution in [1.29, 1.82) is 0 Å². The number of nitrogens with zero attached hydrogens (tertiary/aromatic N) is 1. The van der Waals surface area contributed by atoms with Crippen molar-refractivity contribution in [3.63, 3.8) is 0 Å². The SMILES string of the molecule is CCCCCCCCCCCCCCCCCCOCCC[N+](C)(C)CCC. The molecule has 0 aliphatic heterocycles. The van der Waals surface area contributed by atoms with Crippen LogP contribution in [-0.2, 0) is 4.74 Å². The highest BCUT2D eigenvalue weighted by Gasteiger charge is 2.12. The summed E-state index contributed by atoms with van der Waals surface area (Å²) < 4.78 is 6.95. The number of quaternary nitrogens is 1. The lowest BCUT2D eigenvalue weighted by Gasteiger charge is -2.29. The van der Waals surface area contributed by atoms with Crippen LogP contribution in [0.5, 0.6) is 0 Å². The van der Waals surface area contributed by atoms with Crippen molar-refractivity contribution in [2.75, 3.05) is 40.4 Å². The van der Waals surface area contributed by atoms with Crippen molar-refractivity contribution in [2.45, 2.75) is 129 Å². The highest BCUT2D eigenvalue weighted by molar-refractivity contribution is 4.50. The Kier molecular flexibility index (Phi) is 21.6. The Morgan fingerprint density at radius 1 is 0.429 bits per heavy atom. The van der Waals surface area contributed by atoms with E-state index in [-0.39, 0.29) is 0 Å². The molecule has 0 saturated carbocycles. The van der Waals surface area contributed by atoms with Crippen LogP contribution < -0.4 is 0 Å². The minimum absolute atomic E-state index is 0.949. The number of ether oxygens (including phenoxy) is 1. The maximum absolute atomic E-state index is 5.82. The third-order valence-corrected chi connectivity index (χ3v) is 6.02. The number of rotatable bonds is 23. The van der Waals surface area contributed by atoms with E-state index in [2.05, 4.69) is 27.9 Å². The van der Waals surface area contributed by atoms with E-state index in [4.69, 9.17) is 4.74 Å². The fourth-order valence-electron chi connectivity index (χ4n) is 4.17. The van der Waals surface area contributed by atoms with Crippen LogP contribution in [0.4, 0.5) is 0 Å². The zero-order valence-electron chi connectivity index (χ0n) is 20.4. The summed E-state index contributed by atoms with van der Waals surface area (Å²) in [6, 6.07) is 0. The van der Waals surface area contributed by atoms with Crippen LogP contribution in [0.25, 0.3) is 0 Å². The zero-order chi connectivity index (χ0) is 20.8. The van der Waals surface area contributed by atoms with Gasteiger partial charge < -0.3 is 9.22 Å². The van der Waals surface area contributed by atoms with Gasteiger partial charge in [-0.3, -0.25) is 0 Å². The Bertz CT molecular complexity index is 290. The van der Waals surface area contributed by atoms with Crippen LogP contribution in [0, 0.1) is 0 Å². The largest absolute Gasteiger partial charge is 0.381 e. The number of hydrogen-bond acceptors (Lipinski definition) is 1. The summed E-state index contributed by atoms with van der Waals surface area (Å²) in [4.78, 5) is 0. The van der Waals surface area contributed by atoms with Gasteiger partial charge in [0.05, 0.1) is 33.8 Å². The molecule has 0 aromatic carbocycles. The molecule has 0 atom stereocenters. The molecule has 0 bridgehead atoms. The Labute approximate surface area is 179 Å². The molecular weight excluding hydrogens is 342 g/mol. The van der Waals surface area contributed by atoms with Crippen molar-refractivity contribution in [3.8, 4) is 0 Å². The molecule has 2 heteroatoms. The van der Waals surface area contributed by atoms with Crippen molar-refractivity contribution in [2.24, 2.45) is 0 Å². The fraction of sp³-hybridized carbons (Fsp3) is 1.00. The molecule has 0 N–H and O–H groups in total. The van der Waals surface area contributed by atoms with E-state index >= 15 is 0 Å². The standard InChI is InChI=1S/C26H56NO/c1-5-7-8-9-10-11-12-13-14-15-16-17-18-19-20-21-25-28-26-22-24-27(3,4)23-6-2/h5-26H2,1-4H3/q+1. The first-order valence-corrected chi connectivity index (χ1v) is 13.0. The van der Waals surface area contributed by atoms with E-state index in [0.29, 0.717) is 0 Å². The summed E-state index contributed by atoms with van der Waals surface area (Å²) >= 11 is 0. The summed E-state index contributed by atoms with van der Waals surface area (Å²) in [6.45, 7) is 9.01. The molecule has 0 rings (SSSR count). The van der Waals surface area contributed by atoms with Gasteiger partial charge in [0.2, 0.25) is 0 Å². The van der Waals surface area contributed by atoms with Crippen LogP contribution >= 0.6 is 0 Å². The Balaban J connectivity index is 3.09. The third-order valence-electron chi connectivity index (χ3n) is 6.02. The second-order valence-corrected chi connectivity index (χ2v) is 9.65. The highest BCUT2D eigenvalue weighted by Crippen LogP contribution is 2.13. The molecule has 0 aromatic rings. The van der Waals surface area contributed by atoms with Crippen molar-refractivity contribution >= 4 is 0 Å². The summed E-state index contributed by atoms with van der Waals surface area (Å²) in [5, 5.41) is 0. The third kappa shape index (κ3) is 22.2. The highest BCUT2D eigenvalue weighted by atomic mass is 16.5. The predicted octanol–water partition coefficient (Wildman–Crippen LogP) is 8.14. The summed E-state index contributed by atoms with van der Waals surface area (Å²) in [7, 11) is 4.66. The lowest BCUT2D eigenvalue weighted by molar-refractivity contribution is -0.890. The molecule has 0 radical (unpaired) electrons. The average Bonchev–Trinajstić information content (AvgIpc) is 2.66. The van der Waals surface area contributed by atoms with Gasteiger partial charge in [-0.05, 0) is 12.8 Å². The van der Waals surface area contributed by atoms with Crippen molar-refractivity contribution in [3.05, 3.63) is 0 Å². The van der Waals surface area contributed by atoms with Crippen LogP contribution in [0.15, 0.2) is 0 Å².